The molecule has 62 valence electrons. The van der Waals surface area contributed by atoms with E-state index in [4.69, 9.17) is 0 Å². The van der Waals surface area contributed by atoms with Crippen molar-refractivity contribution in [3.05, 3.63) is 36.7 Å². The molecule has 1 aromatic carbocycles. The molecule has 0 aliphatic rings. The van der Waals surface area contributed by atoms with E-state index in [1.807, 2.05) is 0 Å². The molecule has 0 spiro atoms. The average molecular weight is 159 g/mol. The zero-order valence-corrected chi connectivity index (χ0v) is 7.49. The Hall–Kier alpha value is -1.24. The van der Waals surface area contributed by atoms with Gasteiger partial charge in [-0.15, -0.1) is 0 Å². The Kier molecular flexibility index (Phi) is 1.65. The van der Waals surface area contributed by atoms with Crippen molar-refractivity contribution in [1.29, 1.82) is 0 Å². The summed E-state index contributed by atoms with van der Waals surface area (Å²) in [6.07, 6.45) is 4.39. The van der Waals surface area contributed by atoms with Crippen molar-refractivity contribution in [3.8, 4) is 0 Å². The van der Waals surface area contributed by atoms with Gasteiger partial charge in [-0.05, 0) is 24.6 Å². The highest BCUT2D eigenvalue weighted by Crippen LogP contribution is 2.17. The van der Waals surface area contributed by atoms with Crippen LogP contribution in [0.3, 0.4) is 0 Å². The van der Waals surface area contributed by atoms with E-state index >= 15 is 0 Å². The van der Waals surface area contributed by atoms with Crippen molar-refractivity contribution >= 4 is 10.8 Å². The first-order valence-electron chi connectivity index (χ1n) is 4.33. The summed E-state index contributed by atoms with van der Waals surface area (Å²) in [5, 5.41) is 2.65. The van der Waals surface area contributed by atoms with Gasteiger partial charge in [-0.1, -0.05) is 24.3 Å². The Balaban J connectivity index is 2.62. The number of rotatable bonds is 1. The van der Waals surface area contributed by atoms with Gasteiger partial charge in [0, 0.05) is 18.4 Å². The van der Waals surface area contributed by atoms with Crippen LogP contribution in [-0.2, 0) is 0 Å². The zero-order chi connectivity index (χ0) is 8.55. The van der Waals surface area contributed by atoms with E-state index in [0.29, 0.717) is 6.04 Å². The van der Waals surface area contributed by atoms with Crippen molar-refractivity contribution < 1.29 is 0 Å². The highest BCUT2D eigenvalue weighted by molar-refractivity contribution is 5.82. The van der Waals surface area contributed by atoms with E-state index in [-0.39, 0.29) is 0 Å². The molecule has 1 heteroatoms. The maximum Gasteiger partial charge on any atom is 0.0274 e. The molecule has 0 fully saturated rings. The molecule has 1 heterocycles. The number of hydrogen-bond acceptors (Lipinski definition) is 0. The number of nitrogens with zero attached hydrogens (tertiary/aromatic N) is 1. The highest BCUT2D eigenvalue weighted by atomic mass is 15.0. The topological polar surface area (TPSA) is 4.93 Å². The minimum Gasteiger partial charge on any atom is -0.351 e. The third-order valence-corrected chi connectivity index (χ3v) is 2.17. The molecule has 0 aliphatic heterocycles. The quantitative estimate of drug-likeness (QED) is 0.602. The molecule has 0 unspecified atom stereocenters. The third-order valence-electron chi connectivity index (χ3n) is 2.17. The summed E-state index contributed by atoms with van der Waals surface area (Å²) < 4.78 is 2.24. The van der Waals surface area contributed by atoms with Crippen molar-refractivity contribution in [2.24, 2.45) is 0 Å². The first kappa shape index (κ1) is 7.41. The maximum atomic E-state index is 2.24. The van der Waals surface area contributed by atoms with Crippen LogP contribution in [0.25, 0.3) is 10.8 Å². The summed E-state index contributed by atoms with van der Waals surface area (Å²) >= 11 is 0. The van der Waals surface area contributed by atoms with Gasteiger partial charge in [-0.3, -0.25) is 0 Å². The van der Waals surface area contributed by atoms with Crippen LogP contribution in [0.1, 0.15) is 19.9 Å². The lowest BCUT2D eigenvalue weighted by atomic mass is 10.2. The van der Waals surface area contributed by atoms with Gasteiger partial charge in [0.1, 0.15) is 0 Å². The molecule has 0 N–H and O–H groups in total. The average Bonchev–Trinajstić information content (AvgIpc) is 2.46. The molecule has 0 saturated heterocycles. The van der Waals surface area contributed by atoms with Gasteiger partial charge in [-0.25, -0.2) is 0 Å². The van der Waals surface area contributed by atoms with Crippen molar-refractivity contribution in [2.45, 2.75) is 19.9 Å². The van der Waals surface area contributed by atoms with Gasteiger partial charge in [0.15, 0.2) is 0 Å². The van der Waals surface area contributed by atoms with Crippen molar-refractivity contribution in [3.63, 3.8) is 0 Å². The van der Waals surface area contributed by atoms with E-state index in [1.54, 1.807) is 0 Å². The molecule has 2 aromatic rings. The maximum absolute atomic E-state index is 2.24. The standard InChI is InChI=1S/C11H13N/c1-9(2)12-7-10-5-3-4-6-11(10)8-12/h3-9H,1-2H3. The predicted molar refractivity (Wildman–Crippen MR) is 52.3 cm³/mol. The SMILES string of the molecule is CC(C)n1cc2ccccc2c1. The minimum atomic E-state index is 0.553. The normalized spacial score (nSPS) is 11.2. The molecule has 12 heavy (non-hydrogen) atoms. The van der Waals surface area contributed by atoms with Crippen LogP contribution in [0.4, 0.5) is 0 Å². The van der Waals surface area contributed by atoms with Gasteiger partial charge in [0.05, 0.1) is 0 Å². The Morgan fingerprint density at radius 2 is 1.50 bits per heavy atom. The van der Waals surface area contributed by atoms with Crippen LogP contribution < -0.4 is 0 Å². The van der Waals surface area contributed by atoms with Gasteiger partial charge in [0.2, 0.25) is 0 Å². The first-order chi connectivity index (χ1) is 5.77. The summed E-state index contributed by atoms with van der Waals surface area (Å²) in [6.45, 7) is 4.39. The van der Waals surface area contributed by atoms with Gasteiger partial charge >= 0.3 is 0 Å². The fourth-order valence-corrected chi connectivity index (χ4v) is 1.40. The van der Waals surface area contributed by atoms with Crippen LogP contribution >= 0.6 is 0 Å². The Bertz CT molecular complexity index is 352. The molecule has 0 saturated carbocycles. The fourth-order valence-electron chi connectivity index (χ4n) is 1.40. The first-order valence-corrected chi connectivity index (χ1v) is 4.33. The Morgan fingerprint density at radius 1 is 1.00 bits per heavy atom. The Morgan fingerprint density at radius 3 is 1.92 bits per heavy atom. The highest BCUT2D eigenvalue weighted by Gasteiger charge is 1.99. The van der Waals surface area contributed by atoms with E-state index in [0.717, 1.165) is 0 Å². The zero-order valence-electron chi connectivity index (χ0n) is 7.49. The van der Waals surface area contributed by atoms with Gasteiger partial charge in [0.25, 0.3) is 0 Å². The largest absolute Gasteiger partial charge is 0.351 e. The van der Waals surface area contributed by atoms with Gasteiger partial charge < -0.3 is 4.57 Å². The molecule has 0 bridgehead atoms. The summed E-state index contributed by atoms with van der Waals surface area (Å²) in [7, 11) is 0. The number of benzene rings is 1. The second kappa shape index (κ2) is 2.67. The Labute approximate surface area is 72.6 Å². The van der Waals surface area contributed by atoms with E-state index in [1.165, 1.54) is 10.8 Å². The summed E-state index contributed by atoms with van der Waals surface area (Å²) in [6, 6.07) is 9.00. The lowest BCUT2D eigenvalue weighted by molar-refractivity contribution is 0.606. The van der Waals surface area contributed by atoms with E-state index < -0.39 is 0 Å². The second-order valence-corrected chi connectivity index (χ2v) is 3.43. The lowest BCUT2D eigenvalue weighted by Gasteiger charge is -2.04. The molecule has 2 rings (SSSR count). The molecular formula is C11H13N. The molecule has 0 atom stereocenters. The van der Waals surface area contributed by atoms with Crippen LogP contribution in [-0.4, -0.2) is 4.57 Å². The van der Waals surface area contributed by atoms with Crippen LogP contribution in [0.2, 0.25) is 0 Å². The number of hydrogen-bond donors (Lipinski definition) is 0. The van der Waals surface area contributed by atoms with E-state index in [2.05, 4.69) is 55.1 Å². The van der Waals surface area contributed by atoms with Gasteiger partial charge in [-0.2, -0.15) is 0 Å². The molecule has 0 aliphatic carbocycles. The number of aromatic nitrogens is 1. The van der Waals surface area contributed by atoms with Crippen molar-refractivity contribution in [1.82, 2.24) is 4.57 Å². The third kappa shape index (κ3) is 1.11. The second-order valence-electron chi connectivity index (χ2n) is 3.43. The fraction of sp³-hybridized carbons (Fsp3) is 0.273. The molecule has 0 amide bonds. The molecular weight excluding hydrogens is 146 g/mol. The molecule has 1 aromatic heterocycles. The predicted octanol–water partition coefficient (Wildman–Crippen LogP) is 3.22. The van der Waals surface area contributed by atoms with E-state index in [9.17, 15) is 0 Å². The lowest BCUT2D eigenvalue weighted by Crippen LogP contribution is -1.94. The molecule has 1 nitrogen and oxygen atoms in total. The summed E-state index contributed by atoms with van der Waals surface area (Å²) in [5.74, 6) is 0. The molecule has 0 radical (unpaired) electrons. The van der Waals surface area contributed by atoms with Crippen LogP contribution in [0, 0.1) is 0 Å². The summed E-state index contributed by atoms with van der Waals surface area (Å²) in [4.78, 5) is 0. The summed E-state index contributed by atoms with van der Waals surface area (Å²) in [5.41, 5.74) is 0. The number of fused-ring (bicyclic) bond motifs is 1. The van der Waals surface area contributed by atoms with Crippen LogP contribution in [0.15, 0.2) is 36.7 Å². The smallest absolute Gasteiger partial charge is 0.0274 e. The minimum absolute atomic E-state index is 0.553. The van der Waals surface area contributed by atoms with Crippen molar-refractivity contribution in [2.75, 3.05) is 0 Å². The monoisotopic (exact) mass is 159 g/mol. The van der Waals surface area contributed by atoms with Crippen LogP contribution in [0.5, 0.6) is 0 Å².